The second kappa shape index (κ2) is 1.88. The van der Waals surface area contributed by atoms with Crippen molar-refractivity contribution in [3.05, 3.63) is 12.2 Å². The second-order valence-corrected chi connectivity index (χ2v) is 3.98. The Morgan fingerprint density at radius 1 is 1.58 bits per heavy atom. The quantitative estimate of drug-likeness (QED) is 0.625. The molecule has 2 aliphatic carbocycles. The number of aromatic amines is 1. The monoisotopic (exact) mass is 165 g/mol. The normalized spacial score (nSPS) is 44.4. The van der Waals surface area contributed by atoms with Crippen LogP contribution < -0.4 is 0 Å². The van der Waals surface area contributed by atoms with Crippen molar-refractivity contribution in [1.82, 2.24) is 15.2 Å². The molecule has 1 aromatic heterocycles. The molecule has 3 rings (SSSR count). The third kappa shape index (κ3) is 0.659. The molecule has 0 saturated heterocycles. The number of nitrogens with zero attached hydrogens (tertiary/aromatic N) is 2. The summed E-state index contributed by atoms with van der Waals surface area (Å²) in [5.74, 6) is 1.63. The number of H-pyrrole nitrogens is 1. The van der Waals surface area contributed by atoms with Gasteiger partial charge in [-0.15, -0.1) is 0 Å². The standard InChI is InChI=1S/C8H11N3O/c12-6-1-5-2-8(5,3-6)7-9-4-10-11-7/h4-6,12H,1-3H2,(H,9,10,11). The molecular formula is C8H11N3O. The molecule has 3 atom stereocenters. The Kier molecular flexibility index (Phi) is 1.03. The van der Waals surface area contributed by atoms with Crippen molar-refractivity contribution in [3.8, 4) is 0 Å². The van der Waals surface area contributed by atoms with Gasteiger partial charge in [0.25, 0.3) is 0 Å². The van der Waals surface area contributed by atoms with Gasteiger partial charge in [0, 0.05) is 5.41 Å². The smallest absolute Gasteiger partial charge is 0.137 e. The van der Waals surface area contributed by atoms with E-state index in [1.807, 2.05) is 0 Å². The molecule has 1 aromatic rings. The van der Waals surface area contributed by atoms with E-state index in [9.17, 15) is 5.11 Å². The molecular weight excluding hydrogens is 154 g/mol. The van der Waals surface area contributed by atoms with Gasteiger partial charge < -0.3 is 5.11 Å². The number of hydrogen-bond donors (Lipinski definition) is 2. The van der Waals surface area contributed by atoms with E-state index in [0.717, 1.165) is 18.7 Å². The van der Waals surface area contributed by atoms with Crippen LogP contribution in [0.1, 0.15) is 25.1 Å². The highest BCUT2D eigenvalue weighted by Crippen LogP contribution is 2.63. The Hall–Kier alpha value is -0.900. The first-order chi connectivity index (χ1) is 5.81. The zero-order valence-corrected chi connectivity index (χ0v) is 6.70. The lowest BCUT2D eigenvalue weighted by atomic mass is 10.0. The van der Waals surface area contributed by atoms with Crippen molar-refractivity contribution in [1.29, 1.82) is 0 Å². The molecule has 3 unspecified atom stereocenters. The van der Waals surface area contributed by atoms with Crippen molar-refractivity contribution >= 4 is 0 Å². The van der Waals surface area contributed by atoms with Crippen molar-refractivity contribution in [2.24, 2.45) is 5.92 Å². The Labute approximate surface area is 70.0 Å². The molecule has 0 bridgehead atoms. The van der Waals surface area contributed by atoms with Gasteiger partial charge in [-0.3, -0.25) is 5.10 Å². The summed E-state index contributed by atoms with van der Waals surface area (Å²) < 4.78 is 0. The molecule has 4 heteroatoms. The van der Waals surface area contributed by atoms with Crippen molar-refractivity contribution in [2.75, 3.05) is 0 Å². The summed E-state index contributed by atoms with van der Waals surface area (Å²) in [5, 5.41) is 16.2. The topological polar surface area (TPSA) is 61.8 Å². The van der Waals surface area contributed by atoms with Crippen LogP contribution in [0.3, 0.4) is 0 Å². The van der Waals surface area contributed by atoms with Gasteiger partial charge in [0.15, 0.2) is 0 Å². The summed E-state index contributed by atoms with van der Waals surface area (Å²) in [6.07, 6.45) is 4.42. The van der Waals surface area contributed by atoms with Crippen LogP contribution in [0.15, 0.2) is 6.33 Å². The molecule has 4 nitrogen and oxygen atoms in total. The first kappa shape index (κ1) is 6.60. The Balaban J connectivity index is 1.95. The number of rotatable bonds is 1. The number of fused-ring (bicyclic) bond motifs is 1. The van der Waals surface area contributed by atoms with Gasteiger partial charge in [0.1, 0.15) is 12.2 Å². The minimum atomic E-state index is -0.117. The molecule has 0 radical (unpaired) electrons. The van der Waals surface area contributed by atoms with E-state index in [2.05, 4.69) is 15.2 Å². The van der Waals surface area contributed by atoms with Gasteiger partial charge in [-0.05, 0) is 25.2 Å². The third-order valence-corrected chi connectivity index (χ3v) is 3.28. The van der Waals surface area contributed by atoms with E-state index >= 15 is 0 Å². The van der Waals surface area contributed by atoms with Crippen LogP contribution in [0, 0.1) is 5.92 Å². The summed E-state index contributed by atoms with van der Waals surface area (Å²) in [5.41, 5.74) is 0.177. The maximum atomic E-state index is 9.43. The van der Waals surface area contributed by atoms with Gasteiger partial charge in [0.05, 0.1) is 6.10 Å². The van der Waals surface area contributed by atoms with Crippen LogP contribution in [-0.4, -0.2) is 26.4 Å². The summed E-state index contributed by atoms with van der Waals surface area (Å²) in [4.78, 5) is 4.17. The van der Waals surface area contributed by atoms with Crippen LogP contribution in [0.4, 0.5) is 0 Å². The lowest BCUT2D eigenvalue weighted by Crippen LogP contribution is -2.12. The van der Waals surface area contributed by atoms with Gasteiger partial charge >= 0.3 is 0 Å². The number of hydrogen-bond acceptors (Lipinski definition) is 3. The summed E-state index contributed by atoms with van der Waals surface area (Å²) in [6, 6.07) is 0. The molecule has 2 N–H and O–H groups in total. The number of nitrogens with one attached hydrogen (secondary N) is 1. The number of aliphatic hydroxyl groups is 1. The first-order valence-electron chi connectivity index (χ1n) is 4.35. The van der Waals surface area contributed by atoms with E-state index in [1.165, 1.54) is 6.42 Å². The van der Waals surface area contributed by atoms with Crippen molar-refractivity contribution < 1.29 is 5.11 Å². The van der Waals surface area contributed by atoms with Crippen molar-refractivity contribution in [2.45, 2.75) is 30.8 Å². The molecule has 12 heavy (non-hydrogen) atoms. The fourth-order valence-electron chi connectivity index (χ4n) is 2.60. The van der Waals surface area contributed by atoms with Gasteiger partial charge in [-0.25, -0.2) is 4.98 Å². The van der Waals surface area contributed by atoms with E-state index in [-0.39, 0.29) is 11.5 Å². The van der Waals surface area contributed by atoms with Gasteiger partial charge in [-0.1, -0.05) is 0 Å². The zero-order valence-electron chi connectivity index (χ0n) is 6.70. The maximum absolute atomic E-state index is 9.43. The molecule has 1 heterocycles. The van der Waals surface area contributed by atoms with E-state index in [4.69, 9.17) is 0 Å². The van der Waals surface area contributed by atoms with Crippen LogP contribution in [0.25, 0.3) is 0 Å². The average Bonchev–Trinajstić information content (AvgIpc) is 2.56. The van der Waals surface area contributed by atoms with Gasteiger partial charge in [-0.2, -0.15) is 5.10 Å². The highest BCUT2D eigenvalue weighted by Gasteiger charge is 2.62. The van der Waals surface area contributed by atoms with Crippen LogP contribution >= 0.6 is 0 Å². The second-order valence-electron chi connectivity index (χ2n) is 3.98. The predicted molar refractivity (Wildman–Crippen MR) is 41.4 cm³/mol. The lowest BCUT2D eigenvalue weighted by Gasteiger charge is -2.08. The summed E-state index contributed by atoms with van der Waals surface area (Å²) in [7, 11) is 0. The fourth-order valence-corrected chi connectivity index (χ4v) is 2.60. The zero-order chi connectivity index (χ0) is 8.18. The van der Waals surface area contributed by atoms with Crippen LogP contribution in [-0.2, 0) is 5.41 Å². The molecule has 2 aliphatic rings. The Morgan fingerprint density at radius 3 is 3.08 bits per heavy atom. The van der Waals surface area contributed by atoms with Crippen LogP contribution in [0.5, 0.6) is 0 Å². The van der Waals surface area contributed by atoms with Crippen LogP contribution in [0.2, 0.25) is 0 Å². The fraction of sp³-hybridized carbons (Fsp3) is 0.750. The summed E-state index contributed by atoms with van der Waals surface area (Å²) >= 11 is 0. The largest absolute Gasteiger partial charge is 0.393 e. The molecule has 2 fully saturated rings. The number of aliphatic hydroxyl groups excluding tert-OH is 1. The molecule has 0 spiro atoms. The molecule has 0 amide bonds. The lowest BCUT2D eigenvalue weighted by molar-refractivity contribution is 0.164. The summed E-state index contributed by atoms with van der Waals surface area (Å²) in [6.45, 7) is 0. The van der Waals surface area contributed by atoms with E-state index < -0.39 is 0 Å². The minimum Gasteiger partial charge on any atom is -0.393 e. The SMILES string of the molecule is OC1CC2CC2(c2ncn[nH]2)C1. The maximum Gasteiger partial charge on any atom is 0.137 e. The van der Waals surface area contributed by atoms with Crippen molar-refractivity contribution in [3.63, 3.8) is 0 Å². The van der Waals surface area contributed by atoms with E-state index in [1.54, 1.807) is 6.33 Å². The molecule has 2 saturated carbocycles. The van der Waals surface area contributed by atoms with E-state index in [0.29, 0.717) is 5.92 Å². The minimum absolute atomic E-state index is 0.117. The average molecular weight is 165 g/mol. The Bertz CT molecular complexity index is 297. The third-order valence-electron chi connectivity index (χ3n) is 3.28. The first-order valence-corrected chi connectivity index (χ1v) is 4.35. The predicted octanol–water partition coefficient (Wildman–Crippen LogP) is 0.217. The highest BCUT2D eigenvalue weighted by molar-refractivity contribution is 5.25. The van der Waals surface area contributed by atoms with Gasteiger partial charge in [0.2, 0.25) is 0 Å². The Morgan fingerprint density at radius 2 is 2.50 bits per heavy atom. The molecule has 64 valence electrons. The highest BCUT2D eigenvalue weighted by atomic mass is 16.3. The molecule has 0 aliphatic heterocycles. The number of aromatic nitrogens is 3. The molecule has 0 aromatic carbocycles.